The van der Waals surface area contributed by atoms with Crippen molar-refractivity contribution in [2.75, 3.05) is 0 Å². The maximum Gasteiger partial charge on any atom is 0.236 e. The third-order valence-corrected chi connectivity index (χ3v) is 37.4. The lowest BCUT2D eigenvalue weighted by Gasteiger charge is -2.21. The highest BCUT2D eigenvalue weighted by Gasteiger charge is 2.33. The van der Waals surface area contributed by atoms with E-state index < -0.39 is 0 Å². The molecule has 0 atom stereocenters. The summed E-state index contributed by atoms with van der Waals surface area (Å²) in [5.74, 6) is 1.96. The van der Waals surface area contributed by atoms with Crippen LogP contribution in [-0.2, 0) is 0 Å². The Bertz CT molecular complexity index is 11400. The number of thiophene rings is 5. The summed E-state index contributed by atoms with van der Waals surface area (Å²) in [6, 6.07) is 145. The Hall–Kier alpha value is -16.8. The zero-order valence-electron chi connectivity index (χ0n) is 75.9. The molecule has 11 nitrogen and oxygen atoms in total. The fraction of sp³-hybridized carbons (Fsp3) is 0. The summed E-state index contributed by atoms with van der Waals surface area (Å²) in [4.78, 5) is 37.6. The molecule has 33 aromatic rings. The lowest BCUT2D eigenvalue weighted by Crippen LogP contribution is -2.04. The minimum Gasteiger partial charge on any atom is -0.452 e. The molecule has 0 bridgehead atoms. The van der Waals surface area contributed by atoms with Crippen LogP contribution in [0, 0.1) is 0 Å². The van der Waals surface area contributed by atoms with E-state index in [2.05, 4.69) is 396 Å². The van der Waals surface area contributed by atoms with Gasteiger partial charge in [-0.15, -0.1) is 56.7 Å². The Balaban J connectivity index is 0.0000000971. The molecule has 670 valence electrons. The van der Waals surface area contributed by atoms with Gasteiger partial charge >= 0.3 is 0 Å². The first-order valence-electron chi connectivity index (χ1n) is 47.8. The minimum atomic E-state index is 0.629. The van der Waals surface area contributed by atoms with Gasteiger partial charge in [-0.05, 0) is 103 Å². The number of benzene rings is 20. The summed E-state index contributed by atoms with van der Waals surface area (Å²) in [6.45, 7) is 0. The molecule has 1 aliphatic rings. The number of aromatic nitrogens is 9. The molecule has 0 spiro atoms. The van der Waals surface area contributed by atoms with Gasteiger partial charge in [-0.3, -0.25) is 13.7 Å². The van der Waals surface area contributed by atoms with Crippen molar-refractivity contribution >= 4 is 323 Å². The number of furan rings is 2. The fourth-order valence-corrected chi connectivity index (χ4v) is 31.2. The van der Waals surface area contributed by atoms with Gasteiger partial charge in [0.1, 0.15) is 33.6 Å². The average molecular weight is 1960 g/mol. The Morgan fingerprint density at radius 1 is 0.201 bits per heavy atom. The molecule has 1 aliphatic heterocycles. The Labute approximate surface area is 845 Å². The zero-order valence-corrected chi connectivity index (χ0v) is 81.6. The molecular weight excluding hydrogens is 1900 g/mol. The minimum absolute atomic E-state index is 0.629. The van der Waals surface area contributed by atoms with Crippen LogP contribution in [0.2, 0.25) is 0 Å². The second-order valence-electron chi connectivity index (χ2n) is 36.7. The normalized spacial score (nSPS) is 12.5. The standard InChI is InChI=1S/C44H23N3OS3.C44H23N3OS2.C38H21N3S2/c1-2-13-25-24(12-1)40-36(37-28-16-5-8-20-32(28)50-43(25)37)26-14-3-6-18-30(26)47(40)44-45-38-27-15-4-7-19-31(27)48-41(38)39(46-44)29-17-11-23-35-42(29)51-34-22-10-9-21-33(34)49-35;1-2-13-27-26(12-1)41-37(38-30-16-6-10-20-35(30)50-43(27)38)28-14-3-7-17-32(28)47(41)44-45-39(42-40(46-44)29-15-4-8-18-33(29)48-42)24-21-22-36-31(23-24)25-11-5-9-19-34(25)49-36;1-2-12-22(13-3-1)33-37-34(27-18-8-11-21-30(27)43-37)40-38(39-33)41-28-19-9-6-16-25(28)31-32-26-17-7-10-20-29(26)42-36(32)24-15-5-4-14-23(24)35(31)41/h1-23H;1-23H;1-21H. The topological polar surface area (TPSA) is 118 Å². The largest absolute Gasteiger partial charge is 0.452 e. The van der Waals surface area contributed by atoms with Crippen molar-refractivity contribution in [1.29, 1.82) is 0 Å². The van der Waals surface area contributed by atoms with Crippen molar-refractivity contribution in [2.45, 2.75) is 19.6 Å². The lowest BCUT2D eigenvalue weighted by molar-refractivity contribution is 0.666. The van der Waals surface area contributed by atoms with Gasteiger partial charge in [0, 0.05) is 202 Å². The summed E-state index contributed by atoms with van der Waals surface area (Å²) in [5.41, 5.74) is 18.0. The number of hydrogen-bond acceptors (Lipinski definition) is 15. The molecule has 13 aromatic heterocycles. The van der Waals surface area contributed by atoms with Gasteiger partial charge in [0.2, 0.25) is 17.8 Å². The van der Waals surface area contributed by atoms with Crippen molar-refractivity contribution in [2.24, 2.45) is 0 Å². The van der Waals surface area contributed by atoms with Gasteiger partial charge in [0.15, 0.2) is 11.2 Å². The summed E-state index contributed by atoms with van der Waals surface area (Å²) in [7, 11) is 0. The second-order valence-corrected chi connectivity index (χ2v) is 44.1. The smallest absolute Gasteiger partial charge is 0.236 e. The molecule has 0 saturated heterocycles. The summed E-state index contributed by atoms with van der Waals surface area (Å²) >= 11 is 12.8. The van der Waals surface area contributed by atoms with Gasteiger partial charge in [0.25, 0.3) is 0 Å². The molecule has 0 amide bonds. The van der Waals surface area contributed by atoms with Crippen molar-refractivity contribution in [3.63, 3.8) is 0 Å². The van der Waals surface area contributed by atoms with E-state index in [0.717, 1.165) is 110 Å². The van der Waals surface area contributed by atoms with Gasteiger partial charge in [-0.1, -0.05) is 327 Å². The molecule has 0 fully saturated rings. The highest BCUT2D eigenvalue weighted by atomic mass is 32.2. The Kier molecular flexibility index (Phi) is 17.6. The Morgan fingerprint density at radius 3 is 1.04 bits per heavy atom. The first kappa shape index (κ1) is 81.0. The number of rotatable bonds is 6. The quantitative estimate of drug-likeness (QED) is 0.159. The average Bonchev–Trinajstić information content (AvgIpc) is 1.54. The van der Waals surface area contributed by atoms with Crippen LogP contribution in [0.3, 0.4) is 0 Å². The zero-order chi connectivity index (χ0) is 93.8. The highest BCUT2D eigenvalue weighted by Crippen LogP contribution is 2.57. The predicted octanol–water partition coefficient (Wildman–Crippen LogP) is 37.4. The molecule has 14 heterocycles. The van der Waals surface area contributed by atoms with E-state index in [9.17, 15) is 0 Å². The van der Waals surface area contributed by atoms with Crippen LogP contribution >= 0.6 is 80.2 Å². The number of para-hydroxylation sites is 5. The van der Waals surface area contributed by atoms with Crippen LogP contribution in [0.15, 0.2) is 435 Å². The molecule has 0 unspecified atom stereocenters. The van der Waals surface area contributed by atoms with E-state index in [1.165, 1.54) is 175 Å². The summed E-state index contributed by atoms with van der Waals surface area (Å²) in [6.07, 6.45) is 0. The van der Waals surface area contributed by atoms with Crippen LogP contribution in [0.5, 0.6) is 0 Å². The van der Waals surface area contributed by atoms with Crippen molar-refractivity contribution in [1.82, 2.24) is 43.6 Å². The van der Waals surface area contributed by atoms with Crippen molar-refractivity contribution in [3.8, 4) is 51.6 Å². The summed E-state index contributed by atoms with van der Waals surface area (Å²) < 4.78 is 32.9. The van der Waals surface area contributed by atoms with Crippen LogP contribution in [0.1, 0.15) is 0 Å². The SMILES string of the molecule is c1ccc(-c2nc(-n3c4ccccc4c4c5c6ccccc6sc5c5ccccc5c43)nc3c2sc2ccccc23)cc1.c1ccc2c(c1)Sc1cccc(-c3nc(-n4c5ccccc5c5c6c7ccccc7sc6c6ccccc6c54)nc4c3oc3ccccc34)c1S2.c1ccc2c(c1)oc1c(-c3ccc4sc5ccccc5c4c3)nc(-n3c4ccccc4c4c5c6ccccc6sc5c5ccccc5c43)nc12. The van der Waals surface area contributed by atoms with Crippen molar-refractivity contribution in [3.05, 3.63) is 406 Å². The molecule has 144 heavy (non-hydrogen) atoms. The number of hydrogen-bond donors (Lipinski definition) is 0. The first-order valence-corrected chi connectivity index (χ1v) is 53.6. The van der Waals surface area contributed by atoms with E-state index >= 15 is 0 Å². The second kappa shape index (κ2) is 31.4. The maximum atomic E-state index is 6.66. The lowest BCUT2D eigenvalue weighted by atomic mass is 10.00. The summed E-state index contributed by atoms with van der Waals surface area (Å²) in [5, 5.41) is 28.0. The van der Waals surface area contributed by atoms with E-state index in [0.29, 0.717) is 29.0 Å². The van der Waals surface area contributed by atoms with E-state index in [4.69, 9.17) is 38.7 Å². The molecule has 20 aromatic carbocycles. The van der Waals surface area contributed by atoms with Gasteiger partial charge in [-0.25, -0.2) is 29.9 Å². The monoisotopic (exact) mass is 1960 g/mol. The fourth-order valence-electron chi connectivity index (χ4n) is 22.8. The van der Waals surface area contributed by atoms with Crippen molar-refractivity contribution < 1.29 is 8.83 Å². The number of fused-ring (bicyclic) bond motifs is 44. The maximum absolute atomic E-state index is 6.66. The molecule has 0 saturated carbocycles. The van der Waals surface area contributed by atoms with Crippen LogP contribution in [0.25, 0.3) is 294 Å². The predicted molar refractivity (Wildman–Crippen MR) is 612 cm³/mol. The van der Waals surface area contributed by atoms with E-state index in [1.54, 1.807) is 23.1 Å². The van der Waals surface area contributed by atoms with Gasteiger partial charge in [0.05, 0.1) is 49.0 Å². The first-order chi connectivity index (χ1) is 71.4. The van der Waals surface area contributed by atoms with Crippen LogP contribution < -0.4 is 0 Å². The number of nitrogens with zero attached hydrogens (tertiary/aromatic N) is 9. The van der Waals surface area contributed by atoms with E-state index in [1.807, 2.05) is 81.4 Å². The molecule has 18 heteroatoms. The van der Waals surface area contributed by atoms with Gasteiger partial charge < -0.3 is 8.83 Å². The van der Waals surface area contributed by atoms with Gasteiger partial charge in [-0.2, -0.15) is 0 Å². The molecule has 0 N–H and O–H groups in total. The third-order valence-electron chi connectivity index (χ3n) is 28.9. The molecular formula is C126H67N9O2S7. The molecule has 0 radical (unpaired) electrons. The molecule has 0 aliphatic carbocycles. The van der Waals surface area contributed by atoms with Crippen LogP contribution in [-0.4, -0.2) is 43.6 Å². The highest BCUT2D eigenvalue weighted by molar-refractivity contribution is 8.05. The Morgan fingerprint density at radius 2 is 0.549 bits per heavy atom. The molecule has 34 rings (SSSR count). The third kappa shape index (κ3) is 11.8. The van der Waals surface area contributed by atoms with E-state index in [-0.39, 0.29) is 0 Å². The van der Waals surface area contributed by atoms with Crippen LogP contribution in [0.4, 0.5) is 0 Å².